The van der Waals surface area contributed by atoms with Gasteiger partial charge < -0.3 is 38.6 Å². The summed E-state index contributed by atoms with van der Waals surface area (Å²) in [6.07, 6.45) is 0. The lowest BCUT2D eigenvalue weighted by atomic mass is 9.68. The molecule has 0 saturated heterocycles. The summed E-state index contributed by atoms with van der Waals surface area (Å²) in [4.78, 5) is 0. The molecule has 5 rings (SSSR count). The third-order valence-electron chi connectivity index (χ3n) is 7.74. The molecule has 8 heteroatoms. The van der Waals surface area contributed by atoms with Gasteiger partial charge in [0.25, 0.3) is 0 Å². The predicted molar refractivity (Wildman–Crippen MR) is 172 cm³/mol. The van der Waals surface area contributed by atoms with E-state index < -0.39 is 5.41 Å². The van der Waals surface area contributed by atoms with Crippen molar-refractivity contribution in [1.29, 1.82) is 0 Å². The highest BCUT2D eigenvalue weighted by atomic mass is 16.6. The van der Waals surface area contributed by atoms with Gasteiger partial charge in [-0.3, -0.25) is 0 Å². The summed E-state index contributed by atoms with van der Waals surface area (Å²) < 4.78 is 33.5. The largest absolute Gasteiger partial charge is 0.491 e. The lowest BCUT2D eigenvalue weighted by molar-refractivity contribution is 0.0247. The van der Waals surface area contributed by atoms with Gasteiger partial charge in [-0.05, 0) is 57.6 Å². The third kappa shape index (κ3) is 7.91. The summed E-state index contributed by atoms with van der Waals surface area (Å²) in [7, 11) is 0. The Morgan fingerprint density at radius 1 is 0.400 bits per heavy atom. The molecule has 1 aliphatic rings. The summed E-state index contributed by atoms with van der Waals surface area (Å²) in [6, 6.07) is 34.0. The molecule has 0 spiro atoms. The van der Waals surface area contributed by atoms with Crippen LogP contribution in [0.3, 0.4) is 0 Å². The highest BCUT2D eigenvalue weighted by Gasteiger charge is 2.45. The van der Waals surface area contributed by atoms with Crippen LogP contribution >= 0.6 is 0 Å². The summed E-state index contributed by atoms with van der Waals surface area (Å²) >= 11 is 0. The number of benzene rings is 4. The maximum Gasteiger partial charge on any atom is 0.119 e. The van der Waals surface area contributed by atoms with Crippen LogP contribution in [0.25, 0.3) is 11.1 Å². The monoisotopic (exact) mass is 614 g/mol. The van der Waals surface area contributed by atoms with Gasteiger partial charge in [-0.15, -0.1) is 0 Å². The molecule has 0 radical (unpaired) electrons. The molecule has 2 N–H and O–H groups in total. The smallest absolute Gasteiger partial charge is 0.119 e. The molecule has 0 unspecified atom stereocenters. The Morgan fingerprint density at radius 3 is 1.16 bits per heavy atom. The van der Waals surface area contributed by atoms with Crippen LogP contribution in [0.15, 0.2) is 97.1 Å². The van der Waals surface area contributed by atoms with Crippen molar-refractivity contribution >= 4 is 0 Å². The van der Waals surface area contributed by atoms with Gasteiger partial charge in [-0.2, -0.15) is 0 Å². The van der Waals surface area contributed by atoms with Crippen LogP contribution in [0.5, 0.6) is 11.5 Å². The molecule has 0 aliphatic heterocycles. The topological polar surface area (TPSA) is 95.8 Å². The van der Waals surface area contributed by atoms with E-state index in [2.05, 4.69) is 72.8 Å². The third-order valence-corrected chi connectivity index (χ3v) is 7.74. The minimum absolute atomic E-state index is 0.0120. The first-order chi connectivity index (χ1) is 22.3. The number of ether oxygens (including phenoxy) is 6. The van der Waals surface area contributed by atoms with Crippen molar-refractivity contribution in [3.05, 3.63) is 119 Å². The molecule has 45 heavy (non-hydrogen) atoms. The van der Waals surface area contributed by atoms with Gasteiger partial charge in [-0.25, -0.2) is 0 Å². The number of hydrogen-bond acceptors (Lipinski definition) is 8. The van der Waals surface area contributed by atoms with E-state index in [1.54, 1.807) is 0 Å². The molecule has 238 valence electrons. The molecule has 8 nitrogen and oxygen atoms in total. The van der Waals surface area contributed by atoms with Crippen LogP contribution in [-0.2, 0) is 24.4 Å². The van der Waals surface area contributed by atoms with Crippen molar-refractivity contribution in [1.82, 2.24) is 0 Å². The Labute approximate surface area is 265 Å². The lowest BCUT2D eigenvalue weighted by Gasteiger charge is -2.34. The minimum atomic E-state index is -0.514. The second-order valence-electron chi connectivity index (χ2n) is 10.5. The highest BCUT2D eigenvalue weighted by Crippen LogP contribution is 2.56. The summed E-state index contributed by atoms with van der Waals surface area (Å²) in [5.41, 5.74) is 6.72. The van der Waals surface area contributed by atoms with Gasteiger partial charge in [0.05, 0.1) is 71.5 Å². The maximum atomic E-state index is 8.78. The molecular formula is C37H42O8. The zero-order valence-corrected chi connectivity index (χ0v) is 25.6. The van der Waals surface area contributed by atoms with Crippen LogP contribution in [0, 0.1) is 0 Å². The molecule has 0 amide bonds. The number of fused-ring (bicyclic) bond motifs is 3. The zero-order chi connectivity index (χ0) is 31.2. The summed E-state index contributed by atoms with van der Waals surface area (Å²) in [5, 5.41) is 17.6. The Kier molecular flexibility index (Phi) is 12.4. The first-order valence-corrected chi connectivity index (χ1v) is 15.5. The Bertz CT molecular complexity index is 1330. The molecule has 0 fully saturated rings. The van der Waals surface area contributed by atoms with E-state index in [4.69, 9.17) is 38.6 Å². The van der Waals surface area contributed by atoms with E-state index in [-0.39, 0.29) is 13.2 Å². The van der Waals surface area contributed by atoms with E-state index in [0.29, 0.717) is 66.1 Å². The van der Waals surface area contributed by atoms with Crippen LogP contribution in [0.4, 0.5) is 0 Å². The fraction of sp³-hybridized carbons (Fsp3) is 0.351. The average molecular weight is 615 g/mol. The van der Waals surface area contributed by atoms with E-state index in [9.17, 15) is 0 Å². The maximum absolute atomic E-state index is 8.78. The van der Waals surface area contributed by atoms with Gasteiger partial charge in [0, 0.05) is 0 Å². The molecule has 4 aromatic rings. The lowest BCUT2D eigenvalue weighted by Crippen LogP contribution is -2.28. The van der Waals surface area contributed by atoms with Crippen molar-refractivity contribution in [3.63, 3.8) is 0 Å². The second-order valence-corrected chi connectivity index (χ2v) is 10.5. The summed E-state index contributed by atoms with van der Waals surface area (Å²) in [5.74, 6) is 1.55. The van der Waals surface area contributed by atoms with Gasteiger partial charge in [0.2, 0.25) is 0 Å². The van der Waals surface area contributed by atoms with E-state index >= 15 is 0 Å². The van der Waals surface area contributed by atoms with Gasteiger partial charge in [-0.1, -0.05) is 72.8 Å². The first kappa shape index (κ1) is 32.6. The molecule has 1 aliphatic carbocycles. The number of hydrogen-bond donors (Lipinski definition) is 2. The van der Waals surface area contributed by atoms with E-state index in [1.807, 2.05) is 24.3 Å². The SMILES string of the molecule is OCCOCCOCCOc1ccc(C2(c3ccc(OCCOCCOCCO)cc3)c3ccccc3-c3ccccc32)cc1. The van der Waals surface area contributed by atoms with Gasteiger partial charge >= 0.3 is 0 Å². The molecule has 0 saturated carbocycles. The fourth-order valence-corrected chi connectivity index (χ4v) is 5.84. The predicted octanol–water partition coefficient (Wildman–Crippen LogP) is 4.86. The van der Waals surface area contributed by atoms with E-state index in [0.717, 1.165) is 22.6 Å². The zero-order valence-electron chi connectivity index (χ0n) is 25.6. The Balaban J connectivity index is 1.32. The van der Waals surface area contributed by atoms with Crippen LogP contribution in [-0.4, -0.2) is 89.5 Å². The van der Waals surface area contributed by atoms with Crippen molar-refractivity contribution in [3.8, 4) is 22.6 Å². The van der Waals surface area contributed by atoms with Crippen LogP contribution in [0.1, 0.15) is 22.3 Å². The number of rotatable bonds is 20. The molecule has 0 bridgehead atoms. The Morgan fingerprint density at radius 2 is 0.756 bits per heavy atom. The molecule has 0 heterocycles. The van der Waals surface area contributed by atoms with Crippen molar-refractivity contribution in [2.75, 3.05) is 79.3 Å². The summed E-state index contributed by atoms with van der Waals surface area (Å²) in [6.45, 7) is 4.25. The standard InChI is InChI=1S/C37H42O8/c38-17-19-40-21-23-42-25-27-44-31-13-9-29(10-14-31)37(35-7-3-1-5-33(35)34-6-2-4-8-36(34)37)30-11-15-32(16-12-30)45-28-26-43-24-22-41-20-18-39/h1-16,38-39H,17-28H2. The minimum Gasteiger partial charge on any atom is -0.491 e. The van der Waals surface area contributed by atoms with Crippen molar-refractivity contribution in [2.45, 2.75) is 5.41 Å². The number of aliphatic hydroxyl groups excluding tert-OH is 2. The van der Waals surface area contributed by atoms with Crippen molar-refractivity contribution < 1.29 is 38.6 Å². The molecule has 0 atom stereocenters. The van der Waals surface area contributed by atoms with Crippen molar-refractivity contribution in [2.24, 2.45) is 0 Å². The Hall–Kier alpha value is -3.76. The fourth-order valence-electron chi connectivity index (χ4n) is 5.84. The first-order valence-electron chi connectivity index (χ1n) is 15.5. The normalized spacial score (nSPS) is 12.9. The molecular weight excluding hydrogens is 572 g/mol. The van der Waals surface area contributed by atoms with Gasteiger partial charge in [0.1, 0.15) is 24.7 Å². The quantitative estimate of drug-likeness (QED) is 0.120. The number of aliphatic hydroxyl groups is 2. The van der Waals surface area contributed by atoms with E-state index in [1.165, 1.54) is 22.3 Å². The molecule has 0 aromatic heterocycles. The molecule has 4 aromatic carbocycles. The average Bonchev–Trinajstić information content (AvgIpc) is 3.39. The highest BCUT2D eigenvalue weighted by molar-refractivity contribution is 5.86. The van der Waals surface area contributed by atoms with Crippen LogP contribution < -0.4 is 9.47 Å². The van der Waals surface area contributed by atoms with Crippen LogP contribution in [0.2, 0.25) is 0 Å². The second kappa shape index (κ2) is 17.1. The van der Waals surface area contributed by atoms with Gasteiger partial charge in [0.15, 0.2) is 0 Å².